The van der Waals surface area contributed by atoms with Crippen LogP contribution in [-0.4, -0.2) is 76.8 Å². The quantitative estimate of drug-likeness (QED) is 0.193. The van der Waals surface area contributed by atoms with Gasteiger partial charge in [-0.3, -0.25) is 9.59 Å². The summed E-state index contributed by atoms with van der Waals surface area (Å²) in [5, 5.41) is 12.0. The number of likely N-dealkylation sites (tertiary alicyclic amines) is 1. The number of hydrogen-bond acceptors (Lipinski definition) is 10. The minimum atomic E-state index is -1.62. The number of hydrogen-bond donors (Lipinski definition) is 2. The number of ether oxygens (including phenoxy) is 3. The second kappa shape index (κ2) is 11.7. The fourth-order valence-electron chi connectivity index (χ4n) is 3.76. The van der Waals surface area contributed by atoms with E-state index in [9.17, 15) is 19.5 Å². The highest BCUT2D eigenvalue weighted by molar-refractivity contribution is 8.77. The van der Waals surface area contributed by atoms with Crippen LogP contribution in [0.1, 0.15) is 6.92 Å². The Hall–Kier alpha value is -2.84. The fourth-order valence-corrected chi connectivity index (χ4v) is 7.71. The number of carbonyl (C=O) groups excluding carboxylic acids is 2. The average molecular weight is 564 g/mol. The van der Waals surface area contributed by atoms with Crippen molar-refractivity contribution in [2.45, 2.75) is 34.5 Å². The Morgan fingerprint density at radius 1 is 1.16 bits per heavy atom. The van der Waals surface area contributed by atoms with Gasteiger partial charge in [0.1, 0.15) is 17.2 Å². The molecule has 2 N–H and O–H groups in total. The lowest BCUT2D eigenvalue weighted by Crippen LogP contribution is -2.76. The van der Waals surface area contributed by atoms with E-state index in [1.807, 2.05) is 30.3 Å². The predicted molar refractivity (Wildman–Crippen MR) is 141 cm³/mol. The Morgan fingerprint density at radius 2 is 1.84 bits per heavy atom. The maximum absolute atomic E-state index is 13.2. The zero-order valence-corrected chi connectivity index (χ0v) is 22.6. The highest BCUT2D eigenvalue weighted by Gasteiger charge is 2.59. The number of para-hydroxylation sites is 2. The molecule has 0 spiro atoms. The van der Waals surface area contributed by atoms with Crippen molar-refractivity contribution in [3.63, 3.8) is 0 Å². The molecule has 1 aromatic heterocycles. The van der Waals surface area contributed by atoms with Gasteiger partial charge in [-0.25, -0.2) is 9.78 Å². The summed E-state index contributed by atoms with van der Waals surface area (Å²) < 4.78 is 17.9. The normalized spacial score (nSPS) is 18.4. The molecule has 2 heterocycles. The Bertz CT molecular complexity index is 1240. The van der Waals surface area contributed by atoms with Gasteiger partial charge in [0.15, 0.2) is 22.8 Å². The average Bonchev–Trinajstić information content (AvgIpc) is 3.33. The molecule has 3 atom stereocenters. The summed E-state index contributed by atoms with van der Waals surface area (Å²) in [6.07, 6.45) is 0. The standard InChI is InChI=1S/C24H25N3O7S3/c1-24(32-2,33-3)19(22(30)31)27-20(29)18(26-17(28)13-34-14-9-5-4-6-10-14)21(27)36-37-23-25-15-11-7-8-12-16(15)35-23/h4-12,18-19,21H,13H2,1-3H3,(H,26,28)(H,30,31). The van der Waals surface area contributed by atoms with Crippen LogP contribution in [0.25, 0.3) is 10.2 Å². The maximum atomic E-state index is 13.2. The molecule has 1 fully saturated rings. The van der Waals surface area contributed by atoms with Gasteiger partial charge in [-0.1, -0.05) is 41.1 Å². The topological polar surface area (TPSA) is 127 Å². The molecule has 37 heavy (non-hydrogen) atoms. The van der Waals surface area contributed by atoms with Crippen LogP contribution in [-0.2, 0) is 23.9 Å². The summed E-state index contributed by atoms with van der Waals surface area (Å²) in [5.41, 5.74) is 0.842. The largest absolute Gasteiger partial charge is 0.484 e. The number of nitrogens with one attached hydrogen (secondary N) is 1. The Balaban J connectivity index is 1.53. The summed E-state index contributed by atoms with van der Waals surface area (Å²) in [4.78, 5) is 43.9. The molecule has 0 saturated carbocycles. The van der Waals surface area contributed by atoms with Gasteiger partial charge in [-0.2, -0.15) is 0 Å². The molecule has 1 saturated heterocycles. The molecule has 1 aliphatic heterocycles. The van der Waals surface area contributed by atoms with Gasteiger partial charge in [0.25, 0.3) is 5.91 Å². The zero-order valence-electron chi connectivity index (χ0n) is 20.2. The van der Waals surface area contributed by atoms with Crippen LogP contribution < -0.4 is 10.1 Å². The summed E-state index contributed by atoms with van der Waals surface area (Å²) in [7, 11) is 5.15. The first kappa shape index (κ1) is 27.2. The minimum Gasteiger partial charge on any atom is -0.484 e. The van der Waals surface area contributed by atoms with Gasteiger partial charge in [0.2, 0.25) is 5.91 Å². The number of aromatic nitrogens is 1. The molecule has 2 aromatic carbocycles. The minimum absolute atomic E-state index is 0.299. The van der Waals surface area contributed by atoms with Crippen molar-refractivity contribution in [2.24, 2.45) is 0 Å². The van der Waals surface area contributed by atoms with Crippen LogP contribution in [0.3, 0.4) is 0 Å². The second-order valence-electron chi connectivity index (χ2n) is 8.08. The number of rotatable bonds is 12. The molecule has 13 heteroatoms. The number of carbonyl (C=O) groups is 3. The van der Waals surface area contributed by atoms with E-state index in [4.69, 9.17) is 14.2 Å². The summed E-state index contributed by atoms with van der Waals surface area (Å²) in [6.45, 7) is 1.15. The highest BCUT2D eigenvalue weighted by atomic mass is 33.1. The van der Waals surface area contributed by atoms with Crippen LogP contribution in [0.2, 0.25) is 0 Å². The van der Waals surface area contributed by atoms with Crippen LogP contribution in [0, 0.1) is 0 Å². The summed E-state index contributed by atoms with van der Waals surface area (Å²) in [6, 6.07) is 14.1. The van der Waals surface area contributed by atoms with Gasteiger partial charge in [-0.05, 0) is 42.0 Å². The molecule has 0 aliphatic carbocycles. The van der Waals surface area contributed by atoms with Crippen molar-refractivity contribution >= 4 is 60.9 Å². The number of β-lactam (4-membered cyclic amide) rings is 1. The number of benzene rings is 2. The molecule has 0 bridgehead atoms. The molecular weight excluding hydrogens is 538 g/mol. The van der Waals surface area contributed by atoms with Crippen molar-refractivity contribution in [3.8, 4) is 5.75 Å². The number of carboxylic acid groups (broad SMARTS) is 1. The van der Waals surface area contributed by atoms with Crippen molar-refractivity contribution in [1.29, 1.82) is 0 Å². The van der Waals surface area contributed by atoms with Gasteiger partial charge in [-0.15, -0.1) is 11.3 Å². The van der Waals surface area contributed by atoms with E-state index >= 15 is 0 Å². The van der Waals surface area contributed by atoms with E-state index in [-0.39, 0.29) is 6.61 Å². The Kier molecular flexibility index (Phi) is 8.60. The SMILES string of the molecule is COC(C)(OC)C(C(=O)O)N1C(=O)C(NC(=O)COc2ccccc2)C1SSc1nc2ccccc2s1. The molecule has 3 unspecified atom stereocenters. The van der Waals surface area contributed by atoms with Crippen molar-refractivity contribution in [1.82, 2.24) is 15.2 Å². The van der Waals surface area contributed by atoms with Gasteiger partial charge in [0, 0.05) is 14.2 Å². The zero-order chi connectivity index (χ0) is 26.6. The number of amides is 2. The van der Waals surface area contributed by atoms with Crippen molar-refractivity contribution in [2.75, 3.05) is 20.8 Å². The third-order valence-electron chi connectivity index (χ3n) is 5.82. The van der Waals surface area contributed by atoms with Gasteiger partial charge >= 0.3 is 5.97 Å². The number of aliphatic carboxylic acids is 1. The summed E-state index contributed by atoms with van der Waals surface area (Å²) >= 11 is 1.48. The van der Waals surface area contributed by atoms with Crippen LogP contribution >= 0.6 is 32.9 Å². The summed E-state index contributed by atoms with van der Waals surface area (Å²) in [5.74, 6) is -3.48. The van der Waals surface area contributed by atoms with E-state index < -0.39 is 41.0 Å². The predicted octanol–water partition coefficient (Wildman–Crippen LogP) is 3.23. The first-order chi connectivity index (χ1) is 17.8. The number of nitrogens with zero attached hydrogens (tertiary/aromatic N) is 2. The smallest absolute Gasteiger partial charge is 0.332 e. The molecule has 10 nitrogen and oxygen atoms in total. The molecular formula is C24H25N3O7S3. The molecule has 4 rings (SSSR count). The van der Waals surface area contributed by atoms with E-state index in [0.29, 0.717) is 5.75 Å². The molecule has 2 amide bonds. The van der Waals surface area contributed by atoms with Gasteiger partial charge < -0.3 is 29.5 Å². The third-order valence-corrected chi connectivity index (χ3v) is 9.85. The lowest BCUT2D eigenvalue weighted by molar-refractivity contribution is -0.241. The van der Waals surface area contributed by atoms with E-state index in [1.165, 1.54) is 59.0 Å². The van der Waals surface area contributed by atoms with E-state index in [2.05, 4.69) is 10.3 Å². The lowest BCUT2D eigenvalue weighted by atomic mass is 9.98. The Morgan fingerprint density at radius 3 is 2.49 bits per heavy atom. The van der Waals surface area contributed by atoms with E-state index in [1.54, 1.807) is 24.3 Å². The highest BCUT2D eigenvalue weighted by Crippen LogP contribution is 2.46. The maximum Gasteiger partial charge on any atom is 0.332 e. The monoisotopic (exact) mass is 563 g/mol. The number of fused-ring (bicyclic) bond motifs is 1. The van der Waals surface area contributed by atoms with Gasteiger partial charge in [0.05, 0.1) is 10.2 Å². The Labute approximate surface area is 225 Å². The molecule has 3 aromatic rings. The first-order valence-corrected chi connectivity index (χ1v) is 14.1. The van der Waals surface area contributed by atoms with Crippen LogP contribution in [0.4, 0.5) is 0 Å². The second-order valence-corrected chi connectivity index (χ2v) is 11.7. The van der Waals surface area contributed by atoms with Crippen LogP contribution in [0.15, 0.2) is 58.9 Å². The third kappa shape index (κ3) is 5.85. The molecule has 0 radical (unpaired) electrons. The lowest BCUT2D eigenvalue weighted by Gasteiger charge is -2.51. The number of carboxylic acids is 1. The fraction of sp³-hybridized carbons (Fsp3) is 0.333. The molecule has 1 aliphatic rings. The van der Waals surface area contributed by atoms with E-state index in [0.717, 1.165) is 14.6 Å². The number of methoxy groups -OCH3 is 2. The van der Waals surface area contributed by atoms with Crippen LogP contribution in [0.5, 0.6) is 5.75 Å². The number of thiazole rings is 1. The first-order valence-electron chi connectivity index (χ1n) is 11.1. The van der Waals surface area contributed by atoms with Crippen molar-refractivity contribution < 1.29 is 33.7 Å². The molecule has 196 valence electrons. The van der Waals surface area contributed by atoms with Crippen molar-refractivity contribution in [3.05, 3.63) is 54.6 Å².